The highest BCUT2D eigenvalue weighted by Crippen LogP contribution is 2.20. The molecule has 0 rings (SSSR count). The summed E-state index contributed by atoms with van der Waals surface area (Å²) in [7, 11) is 0. The van der Waals surface area contributed by atoms with Crippen LogP contribution in [0, 0.1) is 0 Å². The molecule has 0 heterocycles. The van der Waals surface area contributed by atoms with Gasteiger partial charge in [-0.3, -0.25) is 0 Å². The summed E-state index contributed by atoms with van der Waals surface area (Å²) in [4.78, 5) is 0. The molecule has 0 aromatic heterocycles. The maximum Gasteiger partial charge on any atom is 0.136 e. The van der Waals surface area contributed by atoms with Crippen molar-refractivity contribution < 1.29 is 5.48 Å². The van der Waals surface area contributed by atoms with Crippen LogP contribution in [0.3, 0.4) is 0 Å². The van der Waals surface area contributed by atoms with E-state index < -0.39 is 0 Å². The lowest BCUT2D eigenvalue weighted by molar-refractivity contribution is 0.824. The van der Waals surface area contributed by atoms with Crippen molar-refractivity contribution in [3.63, 3.8) is 0 Å². The van der Waals surface area contributed by atoms with Crippen LogP contribution in [0.25, 0.3) is 0 Å². The maximum atomic E-state index is 4.99. The molecule has 5 heteroatoms. The standard InChI is InChI=1S/C2Cl4.H2O/c3-1(4)2(5)6;/h;1H2. The lowest BCUT2D eigenvalue weighted by atomic mass is 11.2. The van der Waals surface area contributed by atoms with Crippen molar-refractivity contribution in [1.29, 1.82) is 0 Å². The first-order chi connectivity index (χ1) is 2.64. The van der Waals surface area contributed by atoms with Gasteiger partial charge in [0.15, 0.2) is 0 Å². The molecule has 0 aliphatic heterocycles. The molecule has 0 aliphatic rings. The Balaban J connectivity index is 0. The summed E-state index contributed by atoms with van der Waals surface area (Å²) >= 11 is 20.0. The Labute approximate surface area is 61.1 Å². The molecule has 0 amide bonds. The highest BCUT2D eigenvalue weighted by Gasteiger charge is 1.88. The fourth-order valence-corrected chi connectivity index (χ4v) is 0. The van der Waals surface area contributed by atoms with Gasteiger partial charge in [0.05, 0.1) is 0 Å². The highest BCUT2D eigenvalue weighted by molar-refractivity contribution is 6.67. The normalized spacial score (nSPS) is 6.86. The van der Waals surface area contributed by atoms with E-state index in [1.807, 2.05) is 0 Å². The van der Waals surface area contributed by atoms with E-state index in [0.717, 1.165) is 0 Å². The third kappa shape index (κ3) is 6.86. The van der Waals surface area contributed by atoms with E-state index in [2.05, 4.69) is 0 Å². The fourth-order valence-electron chi connectivity index (χ4n) is 0. The average Bonchev–Trinajstić information content (AvgIpc) is 1.36. The smallest absolute Gasteiger partial charge is 0.136 e. The molecule has 0 radical (unpaired) electrons. The van der Waals surface area contributed by atoms with Crippen LogP contribution >= 0.6 is 46.4 Å². The summed E-state index contributed by atoms with van der Waals surface area (Å²) in [6, 6.07) is 0. The van der Waals surface area contributed by atoms with Gasteiger partial charge in [-0.15, -0.1) is 0 Å². The molecule has 0 aliphatic carbocycles. The van der Waals surface area contributed by atoms with Crippen molar-refractivity contribution in [2.75, 3.05) is 0 Å². The first-order valence-electron chi connectivity index (χ1n) is 1.01. The van der Waals surface area contributed by atoms with E-state index in [4.69, 9.17) is 46.4 Å². The van der Waals surface area contributed by atoms with Crippen LogP contribution in [0.1, 0.15) is 0 Å². The Morgan fingerprint density at radius 2 is 0.857 bits per heavy atom. The number of hydrogen-bond acceptors (Lipinski definition) is 0. The molecule has 0 fully saturated rings. The van der Waals surface area contributed by atoms with Crippen LogP contribution in [0.2, 0.25) is 0 Å². The molecule has 7 heavy (non-hydrogen) atoms. The monoisotopic (exact) mass is 182 g/mol. The molecular formula is C2H2Cl4O. The minimum Gasteiger partial charge on any atom is -0.412 e. The first kappa shape index (κ1) is 10.8. The SMILES string of the molecule is ClC(Cl)=C(Cl)Cl.O. The van der Waals surface area contributed by atoms with Crippen LogP contribution in [0.15, 0.2) is 8.98 Å². The third-order valence-corrected chi connectivity index (χ3v) is 1.29. The summed E-state index contributed by atoms with van der Waals surface area (Å²) in [6.07, 6.45) is 0. The number of hydrogen-bond donors (Lipinski definition) is 0. The lowest BCUT2D eigenvalue weighted by Crippen LogP contribution is -1.47. The fraction of sp³-hybridized carbons (Fsp3) is 0. The molecule has 0 saturated carbocycles. The van der Waals surface area contributed by atoms with Crippen LogP contribution in [-0.2, 0) is 0 Å². The third-order valence-electron chi connectivity index (χ3n) is 0.143. The van der Waals surface area contributed by atoms with Gasteiger partial charge < -0.3 is 5.48 Å². The van der Waals surface area contributed by atoms with E-state index in [0.29, 0.717) is 0 Å². The zero-order valence-corrected chi connectivity index (χ0v) is 6.04. The van der Waals surface area contributed by atoms with Crippen LogP contribution < -0.4 is 0 Å². The molecule has 0 atom stereocenters. The molecule has 0 aromatic carbocycles. The van der Waals surface area contributed by atoms with Gasteiger partial charge in [0.25, 0.3) is 0 Å². The zero-order chi connectivity index (χ0) is 5.15. The molecule has 0 unspecified atom stereocenters. The van der Waals surface area contributed by atoms with E-state index in [1.54, 1.807) is 0 Å². The van der Waals surface area contributed by atoms with Gasteiger partial charge in [0.2, 0.25) is 0 Å². The summed E-state index contributed by atoms with van der Waals surface area (Å²) in [5.74, 6) is 0. The first-order valence-corrected chi connectivity index (χ1v) is 2.52. The molecule has 1 nitrogen and oxygen atoms in total. The van der Waals surface area contributed by atoms with Crippen molar-refractivity contribution in [3.8, 4) is 0 Å². The second kappa shape index (κ2) is 5.01. The molecule has 0 aromatic rings. The minimum absolute atomic E-state index is 0. The summed E-state index contributed by atoms with van der Waals surface area (Å²) in [6.45, 7) is 0. The van der Waals surface area contributed by atoms with Crippen molar-refractivity contribution in [1.82, 2.24) is 0 Å². The zero-order valence-electron chi connectivity index (χ0n) is 3.01. The van der Waals surface area contributed by atoms with Crippen molar-refractivity contribution in [2.24, 2.45) is 0 Å². The largest absolute Gasteiger partial charge is 0.412 e. The Bertz CT molecular complexity index is 59.8. The Morgan fingerprint density at radius 1 is 0.714 bits per heavy atom. The quantitative estimate of drug-likeness (QED) is 0.552. The van der Waals surface area contributed by atoms with Crippen molar-refractivity contribution >= 4 is 46.4 Å². The number of rotatable bonds is 0. The molecule has 0 spiro atoms. The summed E-state index contributed by atoms with van der Waals surface area (Å²) < 4.78 is -0.198. The van der Waals surface area contributed by atoms with E-state index in [-0.39, 0.29) is 14.5 Å². The number of halogens is 4. The Morgan fingerprint density at radius 3 is 0.857 bits per heavy atom. The maximum absolute atomic E-state index is 4.99. The van der Waals surface area contributed by atoms with Gasteiger partial charge in [-0.05, 0) is 0 Å². The summed E-state index contributed by atoms with van der Waals surface area (Å²) in [5.41, 5.74) is 0. The Hall–Kier alpha value is 0.860. The predicted octanol–water partition coefficient (Wildman–Crippen LogP) is 2.24. The van der Waals surface area contributed by atoms with Gasteiger partial charge in [0.1, 0.15) is 8.98 Å². The highest BCUT2D eigenvalue weighted by atomic mass is 35.5. The molecule has 0 saturated heterocycles. The van der Waals surface area contributed by atoms with Gasteiger partial charge in [-0.1, -0.05) is 46.4 Å². The van der Waals surface area contributed by atoms with E-state index >= 15 is 0 Å². The van der Waals surface area contributed by atoms with Crippen LogP contribution in [-0.4, -0.2) is 5.48 Å². The topological polar surface area (TPSA) is 31.5 Å². The minimum atomic E-state index is -0.0988. The Kier molecular flexibility index (Phi) is 7.70. The predicted molar refractivity (Wildman–Crippen MR) is 34.1 cm³/mol. The van der Waals surface area contributed by atoms with Gasteiger partial charge in [-0.2, -0.15) is 0 Å². The van der Waals surface area contributed by atoms with Crippen molar-refractivity contribution in [3.05, 3.63) is 8.98 Å². The van der Waals surface area contributed by atoms with E-state index in [9.17, 15) is 0 Å². The second-order valence-electron chi connectivity index (χ2n) is 0.521. The lowest BCUT2D eigenvalue weighted by Gasteiger charge is -1.75. The van der Waals surface area contributed by atoms with Crippen LogP contribution in [0.4, 0.5) is 0 Å². The summed E-state index contributed by atoms with van der Waals surface area (Å²) in [5, 5.41) is 0. The average molecular weight is 184 g/mol. The van der Waals surface area contributed by atoms with Gasteiger partial charge in [0, 0.05) is 0 Å². The molecular weight excluding hydrogens is 182 g/mol. The molecule has 0 bridgehead atoms. The van der Waals surface area contributed by atoms with Crippen molar-refractivity contribution in [2.45, 2.75) is 0 Å². The van der Waals surface area contributed by atoms with E-state index in [1.165, 1.54) is 0 Å². The molecule has 2 N–H and O–H groups in total. The molecule has 44 valence electrons. The second-order valence-corrected chi connectivity index (χ2v) is 2.42. The van der Waals surface area contributed by atoms with Gasteiger partial charge >= 0.3 is 0 Å². The van der Waals surface area contributed by atoms with Gasteiger partial charge in [-0.25, -0.2) is 0 Å². The van der Waals surface area contributed by atoms with Crippen LogP contribution in [0.5, 0.6) is 0 Å².